The quantitative estimate of drug-likeness (QED) is 0.621. The highest BCUT2D eigenvalue weighted by molar-refractivity contribution is 6.08. The lowest BCUT2D eigenvalue weighted by molar-refractivity contribution is -0.123. The molecule has 0 bridgehead atoms. The van der Waals surface area contributed by atoms with Crippen LogP contribution in [0.3, 0.4) is 0 Å². The maximum absolute atomic E-state index is 11.9. The molecule has 7 nitrogen and oxygen atoms in total. The lowest BCUT2D eigenvalue weighted by atomic mass is 10.2. The van der Waals surface area contributed by atoms with Gasteiger partial charge in [0.2, 0.25) is 11.8 Å². The first-order valence-corrected chi connectivity index (χ1v) is 7.44. The average Bonchev–Trinajstić information content (AvgIpc) is 2.61. The third-order valence-electron chi connectivity index (χ3n) is 3.26. The first-order valence-electron chi connectivity index (χ1n) is 7.44. The van der Waals surface area contributed by atoms with Crippen molar-refractivity contribution in [2.45, 2.75) is 6.42 Å². The lowest BCUT2D eigenvalue weighted by Crippen LogP contribution is -2.21. The molecule has 0 spiro atoms. The summed E-state index contributed by atoms with van der Waals surface area (Å²) in [6.07, 6.45) is -0.337. The van der Waals surface area contributed by atoms with Crippen LogP contribution < -0.4 is 15.4 Å². The van der Waals surface area contributed by atoms with Crippen LogP contribution in [0.2, 0.25) is 0 Å². The van der Waals surface area contributed by atoms with Gasteiger partial charge in [0.05, 0.1) is 19.8 Å². The van der Waals surface area contributed by atoms with E-state index in [1.807, 2.05) is 0 Å². The highest BCUT2D eigenvalue weighted by atomic mass is 16.5. The van der Waals surface area contributed by atoms with E-state index in [4.69, 9.17) is 4.74 Å². The molecular weight excluding hydrogens is 324 g/mol. The number of anilines is 2. The predicted octanol–water partition coefficient (Wildman–Crippen LogP) is 2.45. The second kappa shape index (κ2) is 8.49. The number of hydrogen-bond donors (Lipinski definition) is 2. The summed E-state index contributed by atoms with van der Waals surface area (Å²) in [6.45, 7) is 0. The van der Waals surface area contributed by atoms with Crippen LogP contribution in [0.5, 0.6) is 5.75 Å². The van der Waals surface area contributed by atoms with E-state index >= 15 is 0 Å². The molecule has 0 saturated heterocycles. The molecule has 0 heterocycles. The highest BCUT2D eigenvalue weighted by Crippen LogP contribution is 2.17. The molecule has 2 rings (SSSR count). The van der Waals surface area contributed by atoms with Gasteiger partial charge in [0.1, 0.15) is 12.2 Å². The first kappa shape index (κ1) is 18.0. The Labute approximate surface area is 144 Å². The highest BCUT2D eigenvalue weighted by Gasteiger charge is 2.11. The molecule has 2 N–H and O–H groups in total. The predicted molar refractivity (Wildman–Crippen MR) is 92.7 cm³/mol. The SMILES string of the molecule is COC(=O)c1ccc(NC(=O)CC(=O)Nc2cccc(OC)c2)cc1. The van der Waals surface area contributed by atoms with Gasteiger partial charge in [-0.15, -0.1) is 0 Å². The fourth-order valence-corrected chi connectivity index (χ4v) is 2.06. The topological polar surface area (TPSA) is 93.7 Å². The second-order valence-electron chi connectivity index (χ2n) is 5.07. The molecule has 0 aromatic heterocycles. The van der Waals surface area contributed by atoms with E-state index in [9.17, 15) is 14.4 Å². The van der Waals surface area contributed by atoms with Gasteiger partial charge in [0.15, 0.2) is 0 Å². The van der Waals surface area contributed by atoms with E-state index in [0.29, 0.717) is 22.7 Å². The Kier molecular flexibility index (Phi) is 6.11. The lowest BCUT2D eigenvalue weighted by Gasteiger charge is -2.08. The minimum absolute atomic E-state index is 0.337. The average molecular weight is 342 g/mol. The molecule has 0 atom stereocenters. The number of esters is 1. The molecule has 0 aliphatic rings. The summed E-state index contributed by atoms with van der Waals surface area (Å²) in [5, 5.41) is 5.21. The number of carbonyl (C=O) groups is 3. The number of benzene rings is 2. The molecule has 0 aliphatic carbocycles. The van der Waals surface area contributed by atoms with Crippen molar-refractivity contribution >= 4 is 29.2 Å². The van der Waals surface area contributed by atoms with E-state index in [1.54, 1.807) is 36.4 Å². The van der Waals surface area contributed by atoms with Crippen molar-refractivity contribution in [3.63, 3.8) is 0 Å². The molecule has 2 aromatic rings. The van der Waals surface area contributed by atoms with Crippen LogP contribution in [-0.4, -0.2) is 32.0 Å². The number of nitrogens with one attached hydrogen (secondary N) is 2. The first-order chi connectivity index (χ1) is 12.0. The third kappa shape index (κ3) is 5.35. The zero-order valence-corrected chi connectivity index (χ0v) is 13.9. The van der Waals surface area contributed by atoms with Crippen molar-refractivity contribution in [1.29, 1.82) is 0 Å². The molecule has 2 aromatic carbocycles. The molecule has 130 valence electrons. The summed E-state index contributed by atoms with van der Waals surface area (Å²) in [5.41, 5.74) is 1.39. The molecule has 0 saturated carbocycles. The Bertz CT molecular complexity index is 771. The van der Waals surface area contributed by atoms with Crippen LogP contribution in [0.25, 0.3) is 0 Å². The van der Waals surface area contributed by atoms with Crippen LogP contribution >= 0.6 is 0 Å². The fraction of sp³-hybridized carbons (Fsp3) is 0.167. The van der Waals surface area contributed by atoms with E-state index in [2.05, 4.69) is 15.4 Å². The summed E-state index contributed by atoms with van der Waals surface area (Å²) in [4.78, 5) is 35.2. The number of rotatable bonds is 6. The Morgan fingerprint density at radius 1 is 0.880 bits per heavy atom. The number of methoxy groups -OCH3 is 2. The summed E-state index contributed by atoms with van der Waals surface area (Å²) < 4.78 is 9.66. The van der Waals surface area contributed by atoms with E-state index in [1.165, 1.54) is 26.4 Å². The molecular formula is C18H18N2O5. The summed E-state index contributed by atoms with van der Waals surface area (Å²) in [5.74, 6) is -0.772. The van der Waals surface area contributed by atoms with Gasteiger partial charge in [-0.2, -0.15) is 0 Å². The van der Waals surface area contributed by atoms with Gasteiger partial charge >= 0.3 is 5.97 Å². The van der Waals surface area contributed by atoms with Gasteiger partial charge in [-0.3, -0.25) is 9.59 Å². The maximum Gasteiger partial charge on any atom is 0.337 e. The minimum Gasteiger partial charge on any atom is -0.497 e. The van der Waals surface area contributed by atoms with E-state index < -0.39 is 17.8 Å². The largest absolute Gasteiger partial charge is 0.497 e. The number of ether oxygens (including phenoxy) is 2. The van der Waals surface area contributed by atoms with Crippen molar-refractivity contribution in [2.24, 2.45) is 0 Å². The standard InChI is InChI=1S/C18H18N2O5/c1-24-15-5-3-4-14(10-15)20-17(22)11-16(21)19-13-8-6-12(7-9-13)18(23)25-2/h3-10H,11H2,1-2H3,(H,19,21)(H,20,22). The number of carbonyl (C=O) groups excluding carboxylic acids is 3. The van der Waals surface area contributed by atoms with Gasteiger partial charge in [-0.25, -0.2) is 4.79 Å². The molecule has 0 aliphatic heterocycles. The number of amides is 2. The van der Waals surface area contributed by atoms with E-state index in [-0.39, 0.29) is 6.42 Å². The van der Waals surface area contributed by atoms with Crippen molar-refractivity contribution in [1.82, 2.24) is 0 Å². The minimum atomic E-state index is -0.466. The zero-order valence-electron chi connectivity index (χ0n) is 13.9. The molecule has 0 unspecified atom stereocenters. The van der Waals surface area contributed by atoms with Crippen molar-refractivity contribution < 1.29 is 23.9 Å². The van der Waals surface area contributed by atoms with Gasteiger partial charge in [0.25, 0.3) is 0 Å². The van der Waals surface area contributed by atoms with Gasteiger partial charge in [-0.05, 0) is 36.4 Å². The Hall–Kier alpha value is -3.35. The van der Waals surface area contributed by atoms with E-state index in [0.717, 1.165) is 0 Å². The summed E-state index contributed by atoms with van der Waals surface area (Å²) >= 11 is 0. The molecule has 2 amide bonds. The molecule has 25 heavy (non-hydrogen) atoms. The van der Waals surface area contributed by atoms with Crippen LogP contribution in [0.15, 0.2) is 48.5 Å². The normalized spacial score (nSPS) is 9.84. The van der Waals surface area contributed by atoms with Crippen LogP contribution in [0, 0.1) is 0 Å². The van der Waals surface area contributed by atoms with Crippen LogP contribution in [-0.2, 0) is 14.3 Å². The smallest absolute Gasteiger partial charge is 0.337 e. The summed E-state index contributed by atoms with van der Waals surface area (Å²) in [6, 6.07) is 13.0. The van der Waals surface area contributed by atoms with Crippen LogP contribution in [0.1, 0.15) is 16.8 Å². The Morgan fingerprint density at radius 3 is 2.12 bits per heavy atom. The van der Waals surface area contributed by atoms with Gasteiger partial charge in [-0.1, -0.05) is 6.07 Å². The third-order valence-corrected chi connectivity index (χ3v) is 3.26. The monoisotopic (exact) mass is 342 g/mol. The Morgan fingerprint density at radius 2 is 1.52 bits per heavy atom. The fourth-order valence-electron chi connectivity index (χ4n) is 2.06. The maximum atomic E-state index is 11.9. The van der Waals surface area contributed by atoms with Crippen LogP contribution in [0.4, 0.5) is 11.4 Å². The molecule has 7 heteroatoms. The molecule has 0 fully saturated rings. The second-order valence-corrected chi connectivity index (χ2v) is 5.07. The zero-order chi connectivity index (χ0) is 18.2. The number of hydrogen-bond acceptors (Lipinski definition) is 5. The van der Waals surface area contributed by atoms with Gasteiger partial charge < -0.3 is 20.1 Å². The molecule has 0 radical (unpaired) electrons. The van der Waals surface area contributed by atoms with Crippen molar-refractivity contribution in [3.05, 3.63) is 54.1 Å². The Balaban J connectivity index is 1.88. The van der Waals surface area contributed by atoms with Gasteiger partial charge in [0, 0.05) is 17.4 Å². The summed E-state index contributed by atoms with van der Waals surface area (Å²) in [7, 11) is 2.82. The van der Waals surface area contributed by atoms with Crippen molar-refractivity contribution in [3.8, 4) is 5.75 Å². The van der Waals surface area contributed by atoms with Crippen molar-refractivity contribution in [2.75, 3.05) is 24.9 Å².